The fourth-order valence-electron chi connectivity index (χ4n) is 2.52. The zero-order valence-electron chi connectivity index (χ0n) is 12.7. The molecule has 1 aromatic heterocycles. The Kier molecular flexibility index (Phi) is 5.12. The highest BCUT2D eigenvalue weighted by molar-refractivity contribution is 7.92. The van der Waals surface area contributed by atoms with E-state index in [4.69, 9.17) is 23.2 Å². The van der Waals surface area contributed by atoms with Gasteiger partial charge in [0, 0.05) is 18.1 Å². The number of nitrogens with one attached hydrogen (secondary N) is 1. The monoisotopic (exact) mass is 386 g/mol. The average molecular weight is 387 g/mol. The molecule has 2 heterocycles. The molecular weight excluding hydrogens is 371 g/mol. The Balaban J connectivity index is 1.78. The summed E-state index contributed by atoms with van der Waals surface area (Å²) >= 11 is 11.8. The molecule has 1 aromatic carbocycles. The van der Waals surface area contributed by atoms with Crippen molar-refractivity contribution in [2.45, 2.75) is 24.2 Å². The SMILES string of the molecule is O=S(=O)(Nc1cnc(N2CCCCC2)nc1)c1cc(Cl)ccc1Cl. The van der Waals surface area contributed by atoms with Gasteiger partial charge in [-0.05, 0) is 37.5 Å². The van der Waals surface area contributed by atoms with Gasteiger partial charge >= 0.3 is 0 Å². The summed E-state index contributed by atoms with van der Waals surface area (Å²) in [5.74, 6) is 0.610. The van der Waals surface area contributed by atoms with Gasteiger partial charge in [-0.1, -0.05) is 23.2 Å². The molecule has 0 radical (unpaired) electrons. The lowest BCUT2D eigenvalue weighted by molar-refractivity contribution is 0.568. The van der Waals surface area contributed by atoms with E-state index in [2.05, 4.69) is 19.6 Å². The van der Waals surface area contributed by atoms with E-state index in [1.165, 1.54) is 37.0 Å². The zero-order chi connectivity index (χ0) is 17.2. The van der Waals surface area contributed by atoms with Crippen LogP contribution >= 0.6 is 23.2 Å². The van der Waals surface area contributed by atoms with Crippen molar-refractivity contribution < 1.29 is 8.42 Å². The lowest BCUT2D eigenvalue weighted by Gasteiger charge is -2.26. The highest BCUT2D eigenvalue weighted by atomic mass is 35.5. The van der Waals surface area contributed by atoms with Gasteiger partial charge in [0.1, 0.15) is 4.90 Å². The van der Waals surface area contributed by atoms with Crippen LogP contribution in [-0.2, 0) is 10.0 Å². The number of benzene rings is 1. The summed E-state index contributed by atoms with van der Waals surface area (Å²) in [5.41, 5.74) is 0.270. The molecule has 1 saturated heterocycles. The lowest BCUT2D eigenvalue weighted by Crippen LogP contribution is -2.30. The third kappa shape index (κ3) is 3.91. The second kappa shape index (κ2) is 7.13. The number of rotatable bonds is 4. The molecule has 1 fully saturated rings. The second-order valence-corrected chi connectivity index (χ2v) is 7.99. The van der Waals surface area contributed by atoms with Crippen molar-refractivity contribution in [2.24, 2.45) is 0 Å². The standard InChI is InChI=1S/C15H16Cl2N4O2S/c16-11-4-5-13(17)14(8-11)24(22,23)20-12-9-18-15(19-10-12)21-6-2-1-3-7-21/h4-5,8-10,20H,1-3,6-7H2. The van der Waals surface area contributed by atoms with Gasteiger partial charge in [0.15, 0.2) is 0 Å². The molecule has 1 N–H and O–H groups in total. The molecule has 0 spiro atoms. The Morgan fingerprint density at radius 2 is 1.71 bits per heavy atom. The summed E-state index contributed by atoms with van der Waals surface area (Å²) in [5, 5.41) is 0.384. The molecule has 1 aliphatic heterocycles. The normalized spacial score (nSPS) is 15.3. The quantitative estimate of drug-likeness (QED) is 0.868. The van der Waals surface area contributed by atoms with Crippen molar-refractivity contribution in [3.8, 4) is 0 Å². The molecule has 0 amide bonds. The number of sulfonamides is 1. The summed E-state index contributed by atoms with van der Waals surface area (Å²) in [6.45, 7) is 1.84. The Morgan fingerprint density at radius 3 is 2.38 bits per heavy atom. The highest BCUT2D eigenvalue weighted by Gasteiger charge is 2.19. The first kappa shape index (κ1) is 17.3. The molecule has 128 valence electrons. The van der Waals surface area contributed by atoms with Crippen molar-refractivity contribution >= 4 is 44.9 Å². The first-order valence-electron chi connectivity index (χ1n) is 7.50. The molecule has 9 heteroatoms. The van der Waals surface area contributed by atoms with E-state index in [1.54, 1.807) is 0 Å². The molecule has 0 unspecified atom stereocenters. The predicted octanol–water partition coefficient (Wildman–Crippen LogP) is 3.57. The van der Waals surface area contributed by atoms with Crippen LogP contribution in [0.1, 0.15) is 19.3 Å². The number of anilines is 2. The van der Waals surface area contributed by atoms with Crippen molar-refractivity contribution in [1.82, 2.24) is 9.97 Å². The van der Waals surface area contributed by atoms with E-state index in [9.17, 15) is 8.42 Å². The number of piperidine rings is 1. The van der Waals surface area contributed by atoms with Crippen LogP contribution in [0.2, 0.25) is 10.0 Å². The minimum Gasteiger partial charge on any atom is -0.341 e. The van der Waals surface area contributed by atoms with E-state index in [1.807, 2.05) is 0 Å². The van der Waals surface area contributed by atoms with Crippen molar-refractivity contribution in [3.05, 3.63) is 40.6 Å². The summed E-state index contributed by atoms with van der Waals surface area (Å²) in [7, 11) is -3.86. The van der Waals surface area contributed by atoms with Gasteiger partial charge in [-0.2, -0.15) is 0 Å². The van der Waals surface area contributed by atoms with Gasteiger partial charge in [-0.25, -0.2) is 18.4 Å². The van der Waals surface area contributed by atoms with Crippen molar-refractivity contribution in [3.63, 3.8) is 0 Å². The van der Waals surface area contributed by atoms with E-state index in [0.717, 1.165) is 25.9 Å². The lowest BCUT2D eigenvalue weighted by atomic mass is 10.1. The maximum atomic E-state index is 12.4. The summed E-state index contributed by atoms with van der Waals surface area (Å²) < 4.78 is 27.3. The number of nitrogens with zero attached hydrogens (tertiary/aromatic N) is 3. The summed E-state index contributed by atoms with van der Waals surface area (Å²) in [6, 6.07) is 4.27. The Labute approximate surface area is 150 Å². The minimum absolute atomic E-state index is 0.0863. The largest absolute Gasteiger partial charge is 0.341 e. The number of hydrogen-bond acceptors (Lipinski definition) is 5. The molecule has 1 aliphatic rings. The van der Waals surface area contributed by atoms with Gasteiger partial charge < -0.3 is 4.90 Å². The maximum absolute atomic E-state index is 12.4. The molecule has 0 bridgehead atoms. The minimum atomic E-state index is -3.86. The van der Waals surface area contributed by atoms with Crippen molar-refractivity contribution in [2.75, 3.05) is 22.7 Å². The van der Waals surface area contributed by atoms with E-state index in [-0.39, 0.29) is 20.6 Å². The Morgan fingerprint density at radius 1 is 1.04 bits per heavy atom. The van der Waals surface area contributed by atoms with Crippen LogP contribution in [-0.4, -0.2) is 31.5 Å². The molecule has 6 nitrogen and oxygen atoms in total. The molecule has 24 heavy (non-hydrogen) atoms. The Bertz CT molecular complexity index is 822. The molecular formula is C15H16Cl2N4O2S. The average Bonchev–Trinajstić information content (AvgIpc) is 2.58. The van der Waals surface area contributed by atoms with Gasteiger partial charge in [-0.15, -0.1) is 0 Å². The first-order chi connectivity index (χ1) is 11.5. The van der Waals surface area contributed by atoms with Crippen LogP contribution in [0.15, 0.2) is 35.5 Å². The van der Waals surface area contributed by atoms with Crippen LogP contribution in [0.25, 0.3) is 0 Å². The van der Waals surface area contributed by atoms with Crippen LogP contribution in [0.3, 0.4) is 0 Å². The smallest absolute Gasteiger partial charge is 0.263 e. The van der Waals surface area contributed by atoms with Crippen LogP contribution in [0.5, 0.6) is 0 Å². The summed E-state index contributed by atoms with van der Waals surface area (Å²) in [4.78, 5) is 10.5. The van der Waals surface area contributed by atoms with Crippen LogP contribution in [0.4, 0.5) is 11.6 Å². The third-order valence-corrected chi connectivity index (χ3v) is 5.81. The molecule has 3 rings (SSSR count). The maximum Gasteiger partial charge on any atom is 0.263 e. The van der Waals surface area contributed by atoms with E-state index < -0.39 is 10.0 Å². The van der Waals surface area contributed by atoms with Gasteiger partial charge in [-0.3, -0.25) is 4.72 Å². The zero-order valence-corrected chi connectivity index (χ0v) is 15.1. The molecule has 0 aliphatic carbocycles. The first-order valence-corrected chi connectivity index (χ1v) is 9.74. The predicted molar refractivity (Wildman–Crippen MR) is 95.4 cm³/mol. The molecule has 0 saturated carbocycles. The topological polar surface area (TPSA) is 75.2 Å². The van der Waals surface area contributed by atoms with E-state index >= 15 is 0 Å². The second-order valence-electron chi connectivity index (χ2n) is 5.50. The molecule has 2 aromatic rings. The fraction of sp³-hybridized carbons (Fsp3) is 0.333. The Hall–Kier alpha value is -1.57. The van der Waals surface area contributed by atoms with E-state index in [0.29, 0.717) is 5.95 Å². The fourth-order valence-corrected chi connectivity index (χ4v) is 4.32. The summed E-state index contributed by atoms with van der Waals surface area (Å²) in [6.07, 6.45) is 6.35. The van der Waals surface area contributed by atoms with Gasteiger partial charge in [0.25, 0.3) is 10.0 Å². The number of hydrogen-bond donors (Lipinski definition) is 1. The highest BCUT2D eigenvalue weighted by Crippen LogP contribution is 2.26. The molecule has 0 atom stereocenters. The third-order valence-electron chi connectivity index (χ3n) is 3.71. The van der Waals surface area contributed by atoms with Gasteiger partial charge in [0.2, 0.25) is 5.95 Å². The number of halogens is 2. The number of aromatic nitrogens is 2. The van der Waals surface area contributed by atoms with Crippen LogP contribution < -0.4 is 9.62 Å². The van der Waals surface area contributed by atoms with Gasteiger partial charge in [0.05, 0.1) is 23.1 Å². The van der Waals surface area contributed by atoms with Crippen LogP contribution in [0, 0.1) is 0 Å². The van der Waals surface area contributed by atoms with Crippen molar-refractivity contribution in [1.29, 1.82) is 0 Å².